The molecule has 3 N–H and O–H groups in total. The third kappa shape index (κ3) is 4.00. The minimum atomic E-state index is -0.829. The summed E-state index contributed by atoms with van der Waals surface area (Å²) in [7, 11) is 0. The van der Waals surface area contributed by atoms with Crippen LogP contribution in [0.1, 0.15) is 46.0 Å². The van der Waals surface area contributed by atoms with Crippen LogP contribution in [-0.4, -0.2) is 53.3 Å². The molecule has 1 saturated heterocycles. The summed E-state index contributed by atoms with van der Waals surface area (Å²) in [5.41, 5.74) is -0.829. The smallest absolute Gasteiger partial charge is 0.325 e. The molecule has 128 valence electrons. The SMILES string of the molecule is CC(C)NC(=O)CNC(=O)CN1C(=O)NC2(CCCCC2)C1=O. The van der Waals surface area contributed by atoms with Crippen LogP contribution in [0, 0.1) is 0 Å². The average Bonchev–Trinajstić information content (AvgIpc) is 2.70. The Bertz CT molecular complexity index is 512. The number of nitrogens with zero attached hydrogens (tertiary/aromatic N) is 1. The van der Waals surface area contributed by atoms with E-state index in [-0.39, 0.29) is 30.9 Å². The molecule has 1 saturated carbocycles. The van der Waals surface area contributed by atoms with E-state index in [1.54, 1.807) is 0 Å². The van der Waals surface area contributed by atoms with Gasteiger partial charge in [-0.3, -0.25) is 19.3 Å². The van der Waals surface area contributed by atoms with Crippen LogP contribution in [0.2, 0.25) is 0 Å². The fraction of sp³-hybridized carbons (Fsp3) is 0.733. The summed E-state index contributed by atoms with van der Waals surface area (Å²) in [6.07, 6.45) is 4.07. The van der Waals surface area contributed by atoms with Crippen molar-refractivity contribution in [1.82, 2.24) is 20.9 Å². The monoisotopic (exact) mass is 324 g/mol. The molecular weight excluding hydrogens is 300 g/mol. The second-order valence-electron chi connectivity index (χ2n) is 6.46. The van der Waals surface area contributed by atoms with Gasteiger partial charge < -0.3 is 16.0 Å². The van der Waals surface area contributed by atoms with E-state index in [1.807, 2.05) is 13.8 Å². The number of imide groups is 1. The molecule has 5 amide bonds. The molecule has 8 nitrogen and oxygen atoms in total. The van der Waals surface area contributed by atoms with Crippen LogP contribution in [0.5, 0.6) is 0 Å². The molecule has 1 heterocycles. The minimum Gasteiger partial charge on any atom is -0.352 e. The summed E-state index contributed by atoms with van der Waals surface area (Å²) in [6, 6.07) is -0.546. The van der Waals surface area contributed by atoms with Crippen LogP contribution < -0.4 is 16.0 Å². The second-order valence-corrected chi connectivity index (χ2v) is 6.46. The second kappa shape index (κ2) is 6.97. The molecule has 2 fully saturated rings. The van der Waals surface area contributed by atoms with Crippen molar-refractivity contribution in [1.29, 1.82) is 0 Å². The Morgan fingerprint density at radius 3 is 2.43 bits per heavy atom. The zero-order valence-electron chi connectivity index (χ0n) is 13.6. The van der Waals surface area contributed by atoms with E-state index in [1.165, 1.54) is 0 Å². The molecule has 0 unspecified atom stereocenters. The quantitative estimate of drug-likeness (QED) is 0.613. The highest BCUT2D eigenvalue weighted by molar-refractivity contribution is 6.09. The Hall–Kier alpha value is -2.12. The molecule has 0 atom stereocenters. The summed E-state index contributed by atoms with van der Waals surface area (Å²) in [5, 5.41) is 7.81. The van der Waals surface area contributed by atoms with E-state index in [9.17, 15) is 19.2 Å². The van der Waals surface area contributed by atoms with Crippen molar-refractivity contribution in [2.24, 2.45) is 0 Å². The Labute approximate surface area is 135 Å². The van der Waals surface area contributed by atoms with Crippen LogP contribution in [-0.2, 0) is 14.4 Å². The van der Waals surface area contributed by atoms with E-state index in [2.05, 4.69) is 16.0 Å². The van der Waals surface area contributed by atoms with Crippen molar-refractivity contribution in [3.05, 3.63) is 0 Å². The average molecular weight is 324 g/mol. The van der Waals surface area contributed by atoms with E-state index >= 15 is 0 Å². The predicted molar refractivity (Wildman–Crippen MR) is 82.3 cm³/mol. The Kier molecular flexibility index (Phi) is 5.23. The van der Waals surface area contributed by atoms with Gasteiger partial charge in [0, 0.05) is 6.04 Å². The van der Waals surface area contributed by atoms with Crippen molar-refractivity contribution in [3.63, 3.8) is 0 Å². The predicted octanol–water partition coefficient (Wildman–Crippen LogP) is -0.118. The van der Waals surface area contributed by atoms with Crippen LogP contribution in [0.25, 0.3) is 0 Å². The maximum atomic E-state index is 12.5. The molecule has 1 aliphatic heterocycles. The number of hydrogen-bond acceptors (Lipinski definition) is 4. The van der Waals surface area contributed by atoms with Crippen molar-refractivity contribution < 1.29 is 19.2 Å². The van der Waals surface area contributed by atoms with Crippen LogP contribution >= 0.6 is 0 Å². The van der Waals surface area contributed by atoms with Gasteiger partial charge in [-0.15, -0.1) is 0 Å². The molecule has 2 rings (SSSR count). The van der Waals surface area contributed by atoms with E-state index in [0.717, 1.165) is 24.2 Å². The van der Waals surface area contributed by atoms with Gasteiger partial charge >= 0.3 is 6.03 Å². The first-order chi connectivity index (χ1) is 10.8. The Balaban J connectivity index is 1.87. The summed E-state index contributed by atoms with van der Waals surface area (Å²) in [5.74, 6) is -1.17. The number of hydrogen-bond donors (Lipinski definition) is 3. The maximum absolute atomic E-state index is 12.5. The molecule has 0 radical (unpaired) electrons. The fourth-order valence-electron chi connectivity index (χ4n) is 3.07. The summed E-state index contributed by atoms with van der Waals surface area (Å²) < 4.78 is 0. The largest absolute Gasteiger partial charge is 0.352 e. The van der Waals surface area contributed by atoms with Crippen LogP contribution in [0.4, 0.5) is 4.79 Å². The normalized spacial score (nSPS) is 19.9. The van der Waals surface area contributed by atoms with Crippen molar-refractivity contribution in [2.75, 3.05) is 13.1 Å². The van der Waals surface area contributed by atoms with Gasteiger partial charge in [0.05, 0.1) is 6.54 Å². The van der Waals surface area contributed by atoms with Gasteiger partial charge in [-0.05, 0) is 26.7 Å². The van der Waals surface area contributed by atoms with Gasteiger partial charge in [-0.2, -0.15) is 0 Å². The van der Waals surface area contributed by atoms with Gasteiger partial charge in [0.25, 0.3) is 5.91 Å². The molecule has 23 heavy (non-hydrogen) atoms. The van der Waals surface area contributed by atoms with Gasteiger partial charge in [0.2, 0.25) is 11.8 Å². The highest BCUT2D eigenvalue weighted by Crippen LogP contribution is 2.33. The number of amides is 5. The zero-order valence-corrected chi connectivity index (χ0v) is 13.6. The molecule has 8 heteroatoms. The lowest BCUT2D eigenvalue weighted by molar-refractivity contribution is -0.136. The molecule has 0 aromatic carbocycles. The third-order valence-electron chi connectivity index (χ3n) is 4.15. The number of nitrogens with one attached hydrogen (secondary N) is 3. The minimum absolute atomic E-state index is 0.0171. The summed E-state index contributed by atoms with van der Waals surface area (Å²) >= 11 is 0. The van der Waals surface area contributed by atoms with Crippen molar-refractivity contribution >= 4 is 23.8 Å². The molecule has 0 bridgehead atoms. The first kappa shape index (κ1) is 17.2. The lowest BCUT2D eigenvalue weighted by Gasteiger charge is -2.30. The van der Waals surface area contributed by atoms with Crippen molar-refractivity contribution in [2.45, 2.75) is 57.5 Å². The zero-order chi connectivity index (χ0) is 17.0. The van der Waals surface area contributed by atoms with E-state index in [4.69, 9.17) is 0 Å². The highest BCUT2D eigenvalue weighted by atomic mass is 16.2. The Morgan fingerprint density at radius 2 is 1.83 bits per heavy atom. The molecular formula is C15H24N4O4. The molecule has 0 aromatic heterocycles. The van der Waals surface area contributed by atoms with Gasteiger partial charge in [-0.25, -0.2) is 4.79 Å². The lowest BCUT2D eigenvalue weighted by atomic mass is 9.82. The topological polar surface area (TPSA) is 108 Å². The third-order valence-corrected chi connectivity index (χ3v) is 4.15. The van der Waals surface area contributed by atoms with Crippen LogP contribution in [0.15, 0.2) is 0 Å². The molecule has 1 spiro atoms. The summed E-state index contributed by atoms with van der Waals surface area (Å²) in [4.78, 5) is 48.8. The fourth-order valence-corrected chi connectivity index (χ4v) is 3.07. The molecule has 2 aliphatic rings. The first-order valence-electron chi connectivity index (χ1n) is 8.04. The number of carbonyl (C=O) groups excluding carboxylic acids is 4. The van der Waals surface area contributed by atoms with E-state index in [0.29, 0.717) is 12.8 Å². The number of urea groups is 1. The van der Waals surface area contributed by atoms with Crippen molar-refractivity contribution in [3.8, 4) is 0 Å². The molecule has 0 aromatic rings. The van der Waals surface area contributed by atoms with Gasteiger partial charge in [-0.1, -0.05) is 19.3 Å². The summed E-state index contributed by atoms with van der Waals surface area (Å²) in [6.45, 7) is 3.10. The van der Waals surface area contributed by atoms with Gasteiger partial charge in [0.1, 0.15) is 12.1 Å². The highest BCUT2D eigenvalue weighted by Gasteiger charge is 2.51. The first-order valence-corrected chi connectivity index (χ1v) is 8.04. The number of carbonyl (C=O) groups is 4. The maximum Gasteiger partial charge on any atom is 0.325 e. The van der Waals surface area contributed by atoms with Gasteiger partial charge in [0.15, 0.2) is 0 Å². The van der Waals surface area contributed by atoms with E-state index < -0.39 is 17.5 Å². The molecule has 1 aliphatic carbocycles. The number of rotatable bonds is 5. The standard InChI is InChI=1S/C15H24N4O4/c1-10(2)17-11(20)8-16-12(21)9-19-13(22)15(18-14(19)23)6-4-3-5-7-15/h10H,3-9H2,1-2H3,(H,16,21)(H,17,20)(H,18,23). The Morgan fingerprint density at radius 1 is 1.17 bits per heavy atom. The van der Waals surface area contributed by atoms with Crippen LogP contribution in [0.3, 0.4) is 0 Å². The lowest BCUT2D eigenvalue weighted by Crippen LogP contribution is -2.49.